The van der Waals surface area contributed by atoms with Gasteiger partial charge in [-0.3, -0.25) is 4.79 Å². The maximum absolute atomic E-state index is 12.1. The highest BCUT2D eigenvalue weighted by molar-refractivity contribution is 5.78. The molecule has 0 bridgehead atoms. The molecule has 2 aromatic carbocycles. The topological polar surface area (TPSA) is 63.6 Å². The number of hydrogen-bond acceptors (Lipinski definition) is 3. The second-order valence-electron chi connectivity index (χ2n) is 5.33. The summed E-state index contributed by atoms with van der Waals surface area (Å²) in [6, 6.07) is 15.9. The van der Waals surface area contributed by atoms with Crippen LogP contribution in [0.25, 0.3) is 10.9 Å². The maximum Gasteiger partial charge on any atom is 0.258 e. The van der Waals surface area contributed by atoms with E-state index in [1.807, 2.05) is 47.2 Å². The predicted molar refractivity (Wildman–Crippen MR) is 88.3 cm³/mol. The summed E-state index contributed by atoms with van der Waals surface area (Å²) in [7, 11) is 0. The number of fused-ring (bicyclic) bond motifs is 1. The highest BCUT2D eigenvalue weighted by atomic mass is 16.1. The van der Waals surface area contributed by atoms with Crippen LogP contribution < -0.4 is 5.56 Å². The zero-order chi connectivity index (χ0) is 15.6. The molecule has 1 unspecified atom stereocenters. The van der Waals surface area contributed by atoms with Crippen LogP contribution in [-0.2, 0) is 0 Å². The second-order valence-corrected chi connectivity index (χ2v) is 5.33. The summed E-state index contributed by atoms with van der Waals surface area (Å²) in [6.07, 6.45) is 6.89. The molecule has 0 amide bonds. The Labute approximate surface area is 132 Å². The number of hydrogen-bond donors (Lipinski definition) is 1. The van der Waals surface area contributed by atoms with Crippen LogP contribution in [0.1, 0.15) is 17.2 Å². The van der Waals surface area contributed by atoms with Gasteiger partial charge in [-0.05, 0) is 23.3 Å². The molecule has 0 spiro atoms. The lowest BCUT2D eigenvalue weighted by Crippen LogP contribution is -2.12. The van der Waals surface area contributed by atoms with Gasteiger partial charge < -0.3 is 9.55 Å². The molecule has 2 aromatic heterocycles. The van der Waals surface area contributed by atoms with Gasteiger partial charge in [0, 0.05) is 12.4 Å². The van der Waals surface area contributed by atoms with E-state index in [0.717, 1.165) is 11.1 Å². The number of benzene rings is 2. The van der Waals surface area contributed by atoms with Crippen molar-refractivity contribution in [3.8, 4) is 0 Å². The van der Waals surface area contributed by atoms with Gasteiger partial charge in [0.2, 0.25) is 0 Å². The molecule has 0 saturated heterocycles. The van der Waals surface area contributed by atoms with Gasteiger partial charge >= 0.3 is 0 Å². The van der Waals surface area contributed by atoms with E-state index in [-0.39, 0.29) is 11.6 Å². The monoisotopic (exact) mass is 302 g/mol. The van der Waals surface area contributed by atoms with Gasteiger partial charge in [-0.2, -0.15) is 0 Å². The van der Waals surface area contributed by atoms with Crippen LogP contribution in [0.5, 0.6) is 0 Å². The summed E-state index contributed by atoms with van der Waals surface area (Å²) in [5.74, 6) is 0. The third-order valence-corrected chi connectivity index (χ3v) is 3.92. The van der Waals surface area contributed by atoms with Crippen LogP contribution in [-0.4, -0.2) is 19.5 Å². The van der Waals surface area contributed by atoms with E-state index in [2.05, 4.69) is 27.1 Å². The fourth-order valence-corrected chi connectivity index (χ4v) is 2.85. The summed E-state index contributed by atoms with van der Waals surface area (Å²) in [5, 5.41) is 0.589. The largest absolute Gasteiger partial charge is 0.326 e. The van der Waals surface area contributed by atoms with Gasteiger partial charge in [0.15, 0.2) is 0 Å². The molecular weight excluding hydrogens is 288 g/mol. The quantitative estimate of drug-likeness (QED) is 0.633. The molecule has 0 saturated carbocycles. The maximum atomic E-state index is 12.1. The highest BCUT2D eigenvalue weighted by Gasteiger charge is 2.16. The van der Waals surface area contributed by atoms with E-state index in [9.17, 15) is 4.79 Å². The lowest BCUT2D eigenvalue weighted by Gasteiger charge is -2.20. The Balaban J connectivity index is 1.94. The minimum atomic E-state index is -0.130. The van der Waals surface area contributed by atoms with Crippen LogP contribution in [0.3, 0.4) is 0 Å². The Morgan fingerprint density at radius 3 is 2.70 bits per heavy atom. The number of imidazole rings is 1. The Kier molecular flexibility index (Phi) is 3.24. The molecule has 0 fully saturated rings. The normalized spacial score (nSPS) is 12.3. The fourth-order valence-electron chi connectivity index (χ4n) is 2.85. The lowest BCUT2D eigenvalue weighted by atomic mass is 9.97. The fraction of sp³-hybridized carbons (Fsp3) is 0.0556. The first-order valence-electron chi connectivity index (χ1n) is 7.33. The first-order valence-corrected chi connectivity index (χ1v) is 7.33. The molecule has 23 heavy (non-hydrogen) atoms. The minimum absolute atomic E-state index is 0.0392. The number of nitrogens with zero attached hydrogens (tertiary/aromatic N) is 3. The van der Waals surface area contributed by atoms with Crippen LogP contribution in [0.2, 0.25) is 0 Å². The van der Waals surface area contributed by atoms with E-state index < -0.39 is 0 Å². The zero-order valence-electron chi connectivity index (χ0n) is 12.3. The molecule has 0 aliphatic rings. The first kappa shape index (κ1) is 13.5. The highest BCUT2D eigenvalue weighted by Crippen LogP contribution is 2.27. The van der Waals surface area contributed by atoms with Crippen molar-refractivity contribution in [3.05, 3.63) is 95.1 Å². The Morgan fingerprint density at radius 2 is 1.91 bits per heavy atom. The summed E-state index contributed by atoms with van der Waals surface area (Å²) in [5.41, 5.74) is 2.70. The first-order chi connectivity index (χ1) is 11.3. The van der Waals surface area contributed by atoms with Crippen molar-refractivity contribution in [1.29, 1.82) is 0 Å². The summed E-state index contributed by atoms with van der Waals surface area (Å²) < 4.78 is 2.03. The molecule has 0 aliphatic carbocycles. The van der Waals surface area contributed by atoms with Crippen molar-refractivity contribution in [2.75, 3.05) is 0 Å². The van der Waals surface area contributed by atoms with Crippen LogP contribution in [0.4, 0.5) is 0 Å². The molecule has 5 nitrogen and oxygen atoms in total. The molecule has 4 aromatic rings. The van der Waals surface area contributed by atoms with Crippen molar-refractivity contribution in [1.82, 2.24) is 19.5 Å². The van der Waals surface area contributed by atoms with Crippen LogP contribution in [0.15, 0.2) is 78.4 Å². The molecule has 0 radical (unpaired) electrons. The summed E-state index contributed by atoms with van der Waals surface area (Å²) >= 11 is 0. The smallest absolute Gasteiger partial charge is 0.258 e. The molecule has 2 heterocycles. The van der Waals surface area contributed by atoms with Crippen molar-refractivity contribution in [3.63, 3.8) is 0 Å². The average molecular weight is 302 g/mol. The summed E-state index contributed by atoms with van der Waals surface area (Å²) in [4.78, 5) is 23.1. The van der Waals surface area contributed by atoms with E-state index in [1.54, 1.807) is 12.5 Å². The third kappa shape index (κ3) is 2.42. The third-order valence-electron chi connectivity index (χ3n) is 3.92. The van der Waals surface area contributed by atoms with Crippen molar-refractivity contribution < 1.29 is 0 Å². The van der Waals surface area contributed by atoms with Crippen molar-refractivity contribution >= 4 is 10.9 Å². The molecule has 112 valence electrons. The van der Waals surface area contributed by atoms with Gasteiger partial charge in [-0.25, -0.2) is 9.97 Å². The van der Waals surface area contributed by atoms with E-state index >= 15 is 0 Å². The van der Waals surface area contributed by atoms with Gasteiger partial charge in [0.1, 0.15) is 0 Å². The predicted octanol–water partition coefficient (Wildman–Crippen LogP) is 2.76. The SMILES string of the molecule is O=c1[nH]cnc2ccc(C(c3ccccc3)n3ccnc3)cc12. The number of H-pyrrole nitrogens is 1. The van der Waals surface area contributed by atoms with Crippen LogP contribution in [0, 0.1) is 0 Å². The van der Waals surface area contributed by atoms with E-state index in [0.29, 0.717) is 10.9 Å². The molecule has 4 rings (SSSR count). The second kappa shape index (κ2) is 5.53. The summed E-state index contributed by atoms with van der Waals surface area (Å²) in [6.45, 7) is 0. The van der Waals surface area contributed by atoms with Gasteiger partial charge in [-0.15, -0.1) is 0 Å². The molecule has 1 atom stereocenters. The van der Waals surface area contributed by atoms with Gasteiger partial charge in [0.25, 0.3) is 5.56 Å². The number of aromatic amines is 1. The number of nitrogens with one attached hydrogen (secondary N) is 1. The van der Waals surface area contributed by atoms with Gasteiger partial charge in [-0.1, -0.05) is 36.4 Å². The number of rotatable bonds is 3. The lowest BCUT2D eigenvalue weighted by molar-refractivity contribution is 0.677. The van der Waals surface area contributed by atoms with E-state index in [4.69, 9.17) is 0 Å². The molecule has 5 heteroatoms. The van der Waals surface area contributed by atoms with Crippen molar-refractivity contribution in [2.24, 2.45) is 0 Å². The number of aromatic nitrogens is 4. The minimum Gasteiger partial charge on any atom is -0.326 e. The zero-order valence-corrected chi connectivity index (χ0v) is 12.3. The Bertz CT molecular complexity index is 990. The van der Waals surface area contributed by atoms with E-state index in [1.165, 1.54) is 6.33 Å². The van der Waals surface area contributed by atoms with Crippen molar-refractivity contribution in [2.45, 2.75) is 6.04 Å². The Morgan fingerprint density at radius 1 is 1.04 bits per heavy atom. The molecule has 1 N–H and O–H groups in total. The molecular formula is C18H14N4O. The Hall–Kier alpha value is -3.21. The average Bonchev–Trinajstić information content (AvgIpc) is 3.11. The standard InChI is InChI=1S/C18H14N4O/c23-18-15-10-14(6-7-16(15)20-11-21-18)17(22-9-8-19-12-22)13-4-2-1-3-5-13/h1-12,17H,(H,20,21,23). The molecule has 0 aliphatic heterocycles. The van der Waals surface area contributed by atoms with Crippen LogP contribution >= 0.6 is 0 Å². The van der Waals surface area contributed by atoms with Gasteiger partial charge in [0.05, 0.1) is 29.6 Å².